The highest BCUT2D eigenvalue weighted by atomic mass is 16.5. The smallest absolute Gasteiger partial charge is 0.162 e. The Balaban J connectivity index is 2.53. The third kappa shape index (κ3) is 5.95. The van der Waals surface area contributed by atoms with Crippen molar-refractivity contribution in [3.63, 3.8) is 0 Å². The van der Waals surface area contributed by atoms with Crippen LogP contribution < -0.4 is 0 Å². The maximum atomic E-state index is 12.6. The third-order valence-corrected chi connectivity index (χ3v) is 4.77. The van der Waals surface area contributed by atoms with E-state index in [0.717, 1.165) is 12.8 Å². The van der Waals surface area contributed by atoms with Crippen molar-refractivity contribution in [1.29, 1.82) is 0 Å². The van der Waals surface area contributed by atoms with Crippen molar-refractivity contribution >= 4 is 5.78 Å². The Morgan fingerprint density at radius 2 is 1.85 bits per heavy atom. The molecule has 0 bridgehead atoms. The van der Waals surface area contributed by atoms with Crippen LogP contribution in [0, 0.1) is 11.8 Å². The van der Waals surface area contributed by atoms with Crippen LogP contribution in [-0.4, -0.2) is 18.5 Å². The van der Waals surface area contributed by atoms with E-state index >= 15 is 0 Å². The van der Waals surface area contributed by atoms with Gasteiger partial charge in [0.1, 0.15) is 6.10 Å². The fourth-order valence-corrected chi connectivity index (χ4v) is 3.45. The van der Waals surface area contributed by atoms with Gasteiger partial charge in [-0.3, -0.25) is 4.79 Å². The first-order valence-corrected chi connectivity index (χ1v) is 8.87. The van der Waals surface area contributed by atoms with Crippen LogP contribution in [0.2, 0.25) is 0 Å². The summed E-state index contributed by atoms with van der Waals surface area (Å²) in [5.74, 6) is 1.43. The average Bonchev–Trinajstić information content (AvgIpc) is 2.49. The number of rotatable bonds is 10. The molecule has 0 radical (unpaired) electrons. The molecule has 1 saturated carbocycles. The molecule has 20 heavy (non-hydrogen) atoms. The van der Waals surface area contributed by atoms with Crippen molar-refractivity contribution < 1.29 is 9.53 Å². The molecule has 0 aromatic carbocycles. The van der Waals surface area contributed by atoms with Crippen molar-refractivity contribution in [3.8, 4) is 0 Å². The van der Waals surface area contributed by atoms with Crippen LogP contribution in [0.1, 0.15) is 85.0 Å². The number of Topliss-reactive ketones (excluding diaryl/α,β-unsaturated/α-hetero) is 1. The maximum Gasteiger partial charge on any atom is 0.162 e. The summed E-state index contributed by atoms with van der Waals surface area (Å²) in [5, 5.41) is 0. The van der Waals surface area contributed by atoms with Crippen LogP contribution in [0.5, 0.6) is 0 Å². The van der Waals surface area contributed by atoms with E-state index in [4.69, 9.17) is 4.74 Å². The zero-order valence-electron chi connectivity index (χ0n) is 13.8. The second-order valence-corrected chi connectivity index (χ2v) is 6.36. The van der Waals surface area contributed by atoms with E-state index < -0.39 is 0 Å². The van der Waals surface area contributed by atoms with Crippen molar-refractivity contribution in [2.75, 3.05) is 6.61 Å². The number of carbonyl (C=O) groups is 1. The summed E-state index contributed by atoms with van der Waals surface area (Å²) >= 11 is 0. The van der Waals surface area contributed by atoms with Crippen LogP contribution in [0.25, 0.3) is 0 Å². The van der Waals surface area contributed by atoms with E-state index in [2.05, 4.69) is 13.8 Å². The van der Waals surface area contributed by atoms with Gasteiger partial charge >= 0.3 is 0 Å². The first-order valence-electron chi connectivity index (χ1n) is 8.87. The summed E-state index contributed by atoms with van der Waals surface area (Å²) in [6, 6.07) is 0. The highest BCUT2D eigenvalue weighted by molar-refractivity contribution is 5.83. The number of ketones is 1. The van der Waals surface area contributed by atoms with Gasteiger partial charge < -0.3 is 4.74 Å². The molecule has 1 aliphatic rings. The monoisotopic (exact) mass is 282 g/mol. The van der Waals surface area contributed by atoms with E-state index in [1.807, 2.05) is 6.92 Å². The van der Waals surface area contributed by atoms with Crippen molar-refractivity contribution in [1.82, 2.24) is 0 Å². The van der Waals surface area contributed by atoms with Crippen molar-refractivity contribution in [3.05, 3.63) is 0 Å². The van der Waals surface area contributed by atoms with Gasteiger partial charge in [-0.25, -0.2) is 0 Å². The first kappa shape index (κ1) is 17.7. The van der Waals surface area contributed by atoms with Crippen molar-refractivity contribution in [2.45, 2.75) is 91.1 Å². The molecule has 1 fully saturated rings. The largest absolute Gasteiger partial charge is 0.370 e. The lowest BCUT2D eigenvalue weighted by Gasteiger charge is -2.30. The highest BCUT2D eigenvalue weighted by Gasteiger charge is 2.30. The van der Waals surface area contributed by atoms with Gasteiger partial charge in [0.25, 0.3) is 0 Å². The predicted octanol–water partition coefficient (Wildman–Crippen LogP) is 5.15. The number of carbonyl (C=O) groups excluding carboxylic acids is 1. The van der Waals surface area contributed by atoms with Gasteiger partial charge in [-0.2, -0.15) is 0 Å². The average molecular weight is 282 g/mol. The summed E-state index contributed by atoms with van der Waals surface area (Å²) in [4.78, 5) is 12.6. The lowest BCUT2D eigenvalue weighted by molar-refractivity contribution is -0.135. The zero-order valence-corrected chi connectivity index (χ0v) is 13.8. The molecule has 0 aliphatic heterocycles. The second-order valence-electron chi connectivity index (χ2n) is 6.36. The van der Waals surface area contributed by atoms with E-state index in [0.29, 0.717) is 24.2 Å². The molecule has 0 aromatic rings. The maximum absolute atomic E-state index is 12.6. The molecule has 0 saturated heterocycles. The molecule has 2 unspecified atom stereocenters. The molecule has 0 heterocycles. The molecule has 0 aromatic heterocycles. The Labute approximate surface area is 125 Å². The number of unbranched alkanes of at least 4 members (excludes halogenated alkanes) is 1. The summed E-state index contributed by atoms with van der Waals surface area (Å²) in [5.41, 5.74) is 0. The minimum absolute atomic E-state index is 0.115. The highest BCUT2D eigenvalue weighted by Crippen LogP contribution is 2.30. The van der Waals surface area contributed by atoms with E-state index in [1.54, 1.807) is 0 Å². The molecule has 0 amide bonds. The quantitative estimate of drug-likeness (QED) is 0.554. The lowest BCUT2D eigenvalue weighted by atomic mass is 9.81. The normalized spacial score (nSPS) is 19.8. The van der Waals surface area contributed by atoms with Crippen molar-refractivity contribution in [2.24, 2.45) is 11.8 Å². The Bertz CT molecular complexity index is 256. The third-order valence-electron chi connectivity index (χ3n) is 4.77. The Kier molecular flexibility index (Phi) is 9.17. The van der Waals surface area contributed by atoms with E-state index in [9.17, 15) is 4.79 Å². The summed E-state index contributed by atoms with van der Waals surface area (Å²) in [6.07, 6.45) is 11.6. The first-order chi connectivity index (χ1) is 9.72. The van der Waals surface area contributed by atoms with Crippen LogP contribution >= 0.6 is 0 Å². The molecule has 0 N–H and O–H groups in total. The summed E-state index contributed by atoms with van der Waals surface area (Å²) < 4.78 is 5.84. The zero-order chi connectivity index (χ0) is 14.8. The summed E-state index contributed by atoms with van der Waals surface area (Å²) in [6.45, 7) is 7.11. The Hall–Kier alpha value is -0.370. The molecule has 0 spiro atoms. The molecular weight excluding hydrogens is 248 g/mol. The minimum atomic E-state index is -0.115. The molecule has 1 aliphatic carbocycles. The van der Waals surface area contributed by atoms with Gasteiger partial charge in [-0.05, 0) is 31.6 Å². The predicted molar refractivity (Wildman–Crippen MR) is 84.9 cm³/mol. The molecular formula is C18H34O2. The number of ether oxygens (including phenoxy) is 1. The Morgan fingerprint density at radius 1 is 1.15 bits per heavy atom. The van der Waals surface area contributed by atoms with Crippen LogP contribution in [-0.2, 0) is 9.53 Å². The molecule has 2 heteroatoms. The van der Waals surface area contributed by atoms with Gasteiger partial charge in [0.2, 0.25) is 0 Å². The van der Waals surface area contributed by atoms with E-state index in [-0.39, 0.29) is 6.10 Å². The van der Waals surface area contributed by atoms with Crippen LogP contribution in [0.15, 0.2) is 0 Å². The van der Waals surface area contributed by atoms with Gasteiger partial charge in [0.05, 0.1) is 0 Å². The van der Waals surface area contributed by atoms with Crippen LogP contribution in [0.3, 0.4) is 0 Å². The SMILES string of the molecule is CCCCC(CC)CC(=O)C(OCC)C1CCCCC1. The topological polar surface area (TPSA) is 26.3 Å². The molecule has 2 atom stereocenters. The summed E-state index contributed by atoms with van der Waals surface area (Å²) in [7, 11) is 0. The molecule has 118 valence electrons. The lowest BCUT2D eigenvalue weighted by Crippen LogP contribution is -2.35. The van der Waals surface area contributed by atoms with Gasteiger partial charge in [0.15, 0.2) is 5.78 Å². The van der Waals surface area contributed by atoms with Crippen LogP contribution in [0.4, 0.5) is 0 Å². The van der Waals surface area contributed by atoms with Gasteiger partial charge in [0, 0.05) is 13.0 Å². The molecule has 1 rings (SSSR count). The van der Waals surface area contributed by atoms with Gasteiger partial charge in [-0.1, -0.05) is 58.8 Å². The van der Waals surface area contributed by atoms with E-state index in [1.165, 1.54) is 51.4 Å². The van der Waals surface area contributed by atoms with Gasteiger partial charge in [-0.15, -0.1) is 0 Å². The fourth-order valence-electron chi connectivity index (χ4n) is 3.45. The number of hydrogen-bond donors (Lipinski definition) is 0. The molecule has 2 nitrogen and oxygen atoms in total. The standard InChI is InChI=1S/C18H34O2/c1-4-7-11-15(5-2)14-17(19)18(20-6-3)16-12-9-8-10-13-16/h15-16,18H,4-14H2,1-3H3. The second kappa shape index (κ2) is 10.4. The Morgan fingerprint density at radius 3 is 2.40 bits per heavy atom. The minimum Gasteiger partial charge on any atom is -0.370 e. The number of hydrogen-bond acceptors (Lipinski definition) is 2. The fraction of sp³-hybridized carbons (Fsp3) is 0.944.